The van der Waals surface area contributed by atoms with Gasteiger partial charge in [-0.3, -0.25) is 0 Å². The van der Waals surface area contributed by atoms with Gasteiger partial charge in [-0.05, 0) is 44.4 Å². The Kier molecular flexibility index (Phi) is 4.26. The van der Waals surface area contributed by atoms with E-state index in [2.05, 4.69) is 23.8 Å². The largest absolute Gasteiger partial charge is 0.477 e. The van der Waals surface area contributed by atoms with Crippen molar-refractivity contribution in [2.75, 3.05) is 5.73 Å². The molecule has 1 aromatic heterocycles. The zero-order chi connectivity index (χ0) is 14.9. The molecule has 0 amide bonds. The van der Waals surface area contributed by atoms with Crippen molar-refractivity contribution in [2.45, 2.75) is 52.4 Å². The van der Waals surface area contributed by atoms with E-state index in [1.807, 2.05) is 0 Å². The summed E-state index contributed by atoms with van der Waals surface area (Å²) in [4.78, 5) is 19.7. The lowest BCUT2D eigenvalue weighted by Crippen LogP contribution is -2.20. The van der Waals surface area contributed by atoms with Crippen LogP contribution in [0.1, 0.15) is 67.3 Å². The van der Waals surface area contributed by atoms with Gasteiger partial charge in [0.15, 0.2) is 0 Å². The summed E-state index contributed by atoms with van der Waals surface area (Å²) in [6, 6.07) is 0. The second-order valence-electron chi connectivity index (χ2n) is 6.09. The van der Waals surface area contributed by atoms with Gasteiger partial charge in [-0.1, -0.05) is 13.8 Å². The molecule has 0 unspecified atom stereocenters. The molecule has 0 radical (unpaired) electrons. The maximum atomic E-state index is 11.1. The van der Waals surface area contributed by atoms with Gasteiger partial charge in [-0.15, -0.1) is 0 Å². The number of nitrogens with two attached hydrogens (primary N) is 1. The van der Waals surface area contributed by atoms with Crippen molar-refractivity contribution >= 4 is 11.8 Å². The fourth-order valence-electron chi connectivity index (χ4n) is 3.11. The van der Waals surface area contributed by atoms with Gasteiger partial charge >= 0.3 is 5.97 Å². The molecule has 3 N–H and O–H groups in total. The predicted molar refractivity (Wildman–Crippen MR) is 77.7 cm³/mol. The molecule has 0 bridgehead atoms. The van der Waals surface area contributed by atoms with Crippen LogP contribution in [-0.4, -0.2) is 21.0 Å². The molecule has 1 aliphatic rings. The number of nitrogens with zero attached hydrogens (tertiary/aromatic N) is 2. The third kappa shape index (κ3) is 2.92. The number of carboxylic acid groups (broad SMARTS) is 1. The highest BCUT2D eigenvalue weighted by Gasteiger charge is 2.27. The summed E-state index contributed by atoms with van der Waals surface area (Å²) >= 11 is 0. The minimum atomic E-state index is -1.06. The second kappa shape index (κ2) is 5.77. The summed E-state index contributed by atoms with van der Waals surface area (Å²) < 4.78 is 0. The zero-order valence-electron chi connectivity index (χ0n) is 12.4. The Morgan fingerprint density at radius 3 is 2.30 bits per heavy atom. The third-order valence-corrected chi connectivity index (χ3v) is 4.43. The van der Waals surface area contributed by atoms with E-state index in [-0.39, 0.29) is 11.4 Å². The molecule has 1 saturated carbocycles. The van der Waals surface area contributed by atoms with Crippen LogP contribution in [0.5, 0.6) is 0 Å². The lowest BCUT2D eigenvalue weighted by Gasteiger charge is -2.30. The van der Waals surface area contributed by atoms with Crippen LogP contribution in [0.25, 0.3) is 0 Å². The first-order chi connectivity index (χ1) is 9.40. The van der Waals surface area contributed by atoms with Gasteiger partial charge in [-0.25, -0.2) is 14.8 Å². The summed E-state index contributed by atoms with van der Waals surface area (Å²) in [5.74, 6) is 1.56. The van der Waals surface area contributed by atoms with Crippen LogP contribution >= 0.6 is 0 Å². The first kappa shape index (κ1) is 14.8. The van der Waals surface area contributed by atoms with Crippen LogP contribution in [0, 0.1) is 18.8 Å². The van der Waals surface area contributed by atoms with Crippen molar-refractivity contribution in [3.05, 3.63) is 17.1 Å². The molecule has 2 rings (SSSR count). The molecule has 1 fully saturated rings. The summed E-state index contributed by atoms with van der Waals surface area (Å²) in [5.41, 5.74) is 6.27. The highest BCUT2D eigenvalue weighted by Crippen LogP contribution is 2.37. The van der Waals surface area contributed by atoms with E-state index < -0.39 is 5.97 Å². The fraction of sp³-hybridized carbons (Fsp3) is 0.667. The highest BCUT2D eigenvalue weighted by molar-refractivity contribution is 5.93. The van der Waals surface area contributed by atoms with Crippen molar-refractivity contribution in [3.63, 3.8) is 0 Å². The SMILES string of the molecule is Cc1nc(C2CCC(C(C)C)CC2)nc(N)c1C(=O)O. The Morgan fingerprint density at radius 2 is 1.85 bits per heavy atom. The van der Waals surface area contributed by atoms with Gasteiger partial charge in [-0.2, -0.15) is 0 Å². The molecule has 1 heterocycles. The number of carbonyl (C=O) groups is 1. The van der Waals surface area contributed by atoms with Gasteiger partial charge in [0.25, 0.3) is 0 Å². The molecule has 0 aliphatic heterocycles. The van der Waals surface area contributed by atoms with Crippen LogP contribution < -0.4 is 5.73 Å². The second-order valence-corrected chi connectivity index (χ2v) is 6.09. The number of carboxylic acids is 1. The lowest BCUT2D eigenvalue weighted by molar-refractivity contribution is 0.0696. The van der Waals surface area contributed by atoms with Crippen molar-refractivity contribution in [3.8, 4) is 0 Å². The Labute approximate surface area is 119 Å². The molecule has 110 valence electrons. The molecule has 0 atom stereocenters. The van der Waals surface area contributed by atoms with Crippen molar-refractivity contribution in [2.24, 2.45) is 11.8 Å². The van der Waals surface area contributed by atoms with E-state index in [0.29, 0.717) is 17.4 Å². The van der Waals surface area contributed by atoms with E-state index in [9.17, 15) is 4.79 Å². The number of aromatic nitrogens is 2. The summed E-state index contributed by atoms with van der Waals surface area (Å²) in [6.45, 7) is 6.22. The minimum Gasteiger partial charge on any atom is -0.477 e. The molecule has 0 spiro atoms. The quantitative estimate of drug-likeness (QED) is 0.886. The normalized spacial score (nSPS) is 23.0. The van der Waals surface area contributed by atoms with E-state index in [4.69, 9.17) is 10.8 Å². The molecule has 20 heavy (non-hydrogen) atoms. The Balaban J connectivity index is 2.17. The molecule has 1 aromatic rings. The minimum absolute atomic E-state index is 0.0321. The smallest absolute Gasteiger partial charge is 0.341 e. The molecular weight excluding hydrogens is 254 g/mol. The van der Waals surface area contributed by atoms with Crippen LogP contribution in [0.2, 0.25) is 0 Å². The summed E-state index contributed by atoms with van der Waals surface area (Å²) in [6.07, 6.45) is 4.50. The highest BCUT2D eigenvalue weighted by atomic mass is 16.4. The van der Waals surface area contributed by atoms with E-state index >= 15 is 0 Å². The maximum absolute atomic E-state index is 11.1. The van der Waals surface area contributed by atoms with E-state index in [1.54, 1.807) is 6.92 Å². The van der Waals surface area contributed by atoms with Gasteiger partial charge in [0, 0.05) is 5.92 Å². The van der Waals surface area contributed by atoms with Crippen molar-refractivity contribution < 1.29 is 9.90 Å². The van der Waals surface area contributed by atoms with Gasteiger partial charge in [0.05, 0.1) is 5.69 Å². The Bertz CT molecular complexity index is 483. The maximum Gasteiger partial charge on any atom is 0.341 e. The zero-order valence-corrected chi connectivity index (χ0v) is 12.4. The first-order valence-electron chi connectivity index (χ1n) is 7.27. The van der Waals surface area contributed by atoms with Crippen LogP contribution in [0.4, 0.5) is 5.82 Å². The molecule has 0 saturated heterocycles. The number of nitrogen functional groups attached to an aromatic ring is 1. The molecular formula is C15H23N3O2. The standard InChI is InChI=1S/C15H23N3O2/c1-8(2)10-4-6-11(7-5-10)14-17-9(3)12(15(19)20)13(16)18-14/h8,10-11H,4-7H2,1-3H3,(H,19,20)(H2,16,17,18). The average molecular weight is 277 g/mol. The van der Waals surface area contributed by atoms with Crippen LogP contribution in [0.15, 0.2) is 0 Å². The summed E-state index contributed by atoms with van der Waals surface area (Å²) in [7, 11) is 0. The number of anilines is 1. The number of hydrogen-bond acceptors (Lipinski definition) is 4. The number of hydrogen-bond donors (Lipinski definition) is 2. The molecule has 1 aliphatic carbocycles. The number of aromatic carboxylic acids is 1. The van der Waals surface area contributed by atoms with Crippen molar-refractivity contribution in [1.82, 2.24) is 9.97 Å². The molecule has 5 heteroatoms. The molecule has 0 aromatic carbocycles. The van der Waals surface area contributed by atoms with Gasteiger partial charge < -0.3 is 10.8 Å². The Morgan fingerprint density at radius 1 is 1.25 bits per heavy atom. The monoisotopic (exact) mass is 277 g/mol. The summed E-state index contributed by atoms with van der Waals surface area (Å²) in [5, 5.41) is 9.08. The third-order valence-electron chi connectivity index (χ3n) is 4.43. The lowest BCUT2D eigenvalue weighted by atomic mass is 9.76. The number of rotatable bonds is 3. The topological polar surface area (TPSA) is 89.1 Å². The van der Waals surface area contributed by atoms with Gasteiger partial charge in [0.2, 0.25) is 0 Å². The van der Waals surface area contributed by atoms with E-state index in [1.165, 1.54) is 12.8 Å². The van der Waals surface area contributed by atoms with E-state index in [0.717, 1.165) is 24.7 Å². The first-order valence-corrected chi connectivity index (χ1v) is 7.27. The Hall–Kier alpha value is -1.65. The van der Waals surface area contributed by atoms with Crippen LogP contribution in [-0.2, 0) is 0 Å². The molecule has 5 nitrogen and oxygen atoms in total. The predicted octanol–water partition coefficient (Wildman–Crippen LogP) is 3.00. The average Bonchev–Trinajstić information content (AvgIpc) is 2.37. The van der Waals surface area contributed by atoms with Crippen molar-refractivity contribution in [1.29, 1.82) is 0 Å². The van der Waals surface area contributed by atoms with Gasteiger partial charge in [0.1, 0.15) is 17.2 Å². The van der Waals surface area contributed by atoms with Crippen LogP contribution in [0.3, 0.4) is 0 Å². The fourth-order valence-corrected chi connectivity index (χ4v) is 3.11. The number of aryl methyl sites for hydroxylation is 1.